The molecule has 0 atom stereocenters. The van der Waals surface area contributed by atoms with Gasteiger partial charge < -0.3 is 4.74 Å². The molecular weight excluding hydrogens is 337 g/mol. The van der Waals surface area contributed by atoms with Crippen LogP contribution in [0, 0.1) is 5.82 Å². The van der Waals surface area contributed by atoms with Crippen molar-refractivity contribution < 1.29 is 17.5 Å². The highest BCUT2D eigenvalue weighted by Crippen LogP contribution is 2.28. The summed E-state index contributed by atoms with van der Waals surface area (Å²) in [6, 6.07) is 4.32. The first kappa shape index (κ1) is 14.7. The first-order chi connectivity index (χ1) is 9.04. The minimum Gasteiger partial charge on any atom is -0.489 e. The Bertz CT molecular complexity index is 508. The predicted molar refractivity (Wildman–Crippen MR) is 74.5 cm³/mol. The maximum atomic E-state index is 12.9. The fraction of sp³-hybridized carbons (Fsp3) is 0.500. The highest BCUT2D eigenvalue weighted by Gasteiger charge is 2.21. The van der Waals surface area contributed by atoms with Crippen LogP contribution in [0.25, 0.3) is 0 Å². The van der Waals surface area contributed by atoms with Gasteiger partial charge in [-0.2, -0.15) is 0 Å². The molecule has 106 valence electrons. The molecule has 1 saturated heterocycles. The van der Waals surface area contributed by atoms with Gasteiger partial charge >= 0.3 is 0 Å². The maximum Gasteiger partial charge on any atom is 0.153 e. The highest BCUT2D eigenvalue weighted by atomic mass is 79.9. The molecule has 0 aromatic heterocycles. The second-order valence-electron chi connectivity index (χ2n) is 4.48. The summed E-state index contributed by atoms with van der Waals surface area (Å²) in [5.41, 5.74) is 0. The van der Waals surface area contributed by atoms with Gasteiger partial charge in [-0.15, -0.1) is 0 Å². The number of hydrogen-bond acceptors (Lipinski definition) is 4. The molecule has 1 heterocycles. The van der Waals surface area contributed by atoms with E-state index in [0.29, 0.717) is 23.3 Å². The molecule has 1 aromatic rings. The second kappa shape index (κ2) is 6.67. The number of halogens is 2. The first-order valence-electron chi connectivity index (χ1n) is 6.00. The third kappa shape index (κ3) is 4.43. The number of ether oxygens (including phenoxy) is 1. The van der Waals surface area contributed by atoms with Gasteiger partial charge in [-0.1, -0.05) is 0 Å². The third-order valence-corrected chi connectivity index (χ3v) is 4.29. The van der Waals surface area contributed by atoms with Crippen molar-refractivity contribution in [2.24, 2.45) is 0 Å². The molecule has 0 bridgehead atoms. The van der Waals surface area contributed by atoms with Crippen LogP contribution in [0.3, 0.4) is 0 Å². The van der Waals surface area contributed by atoms with Gasteiger partial charge in [0, 0.05) is 13.1 Å². The van der Waals surface area contributed by atoms with Crippen molar-refractivity contribution >= 4 is 26.6 Å². The molecule has 1 fully saturated rings. The second-order valence-corrected chi connectivity index (χ2v) is 6.29. The van der Waals surface area contributed by atoms with Crippen molar-refractivity contribution in [3.05, 3.63) is 28.5 Å². The Kier molecular flexibility index (Phi) is 5.18. The van der Waals surface area contributed by atoms with Gasteiger partial charge in [0.2, 0.25) is 0 Å². The van der Waals surface area contributed by atoms with E-state index in [1.54, 1.807) is 6.07 Å². The summed E-state index contributed by atoms with van der Waals surface area (Å²) in [4.78, 5) is 1.89. The summed E-state index contributed by atoms with van der Waals surface area (Å²) in [6.45, 7) is 1.40. The van der Waals surface area contributed by atoms with Gasteiger partial charge in [0.25, 0.3) is 0 Å². The van der Waals surface area contributed by atoms with Crippen LogP contribution in [0.5, 0.6) is 5.75 Å². The summed E-state index contributed by atoms with van der Waals surface area (Å²) in [5.74, 6) is 0.422. The zero-order valence-electron chi connectivity index (χ0n) is 10.2. The Labute approximate surface area is 121 Å². The van der Waals surface area contributed by atoms with Crippen LogP contribution in [-0.2, 0) is 10.7 Å². The van der Waals surface area contributed by atoms with E-state index < -0.39 is 10.7 Å². The van der Waals surface area contributed by atoms with Crippen molar-refractivity contribution in [3.8, 4) is 5.75 Å². The smallest absolute Gasteiger partial charge is 0.153 e. The molecule has 0 spiro atoms. The number of benzene rings is 1. The highest BCUT2D eigenvalue weighted by molar-refractivity contribution is 9.10. The van der Waals surface area contributed by atoms with Crippen molar-refractivity contribution in [3.63, 3.8) is 0 Å². The summed E-state index contributed by atoms with van der Waals surface area (Å²) < 4.78 is 40.6. The molecule has 1 aliphatic heterocycles. The lowest BCUT2D eigenvalue weighted by molar-refractivity contribution is 0.110. The Balaban J connectivity index is 1.88. The average molecular weight is 352 g/mol. The SMILES string of the molecule is O=[SH](=O)CN1CCC(Oc2ccc(F)cc2Br)CC1. The Morgan fingerprint density at radius 1 is 1.37 bits per heavy atom. The van der Waals surface area contributed by atoms with Crippen molar-refractivity contribution in [2.75, 3.05) is 19.0 Å². The fourth-order valence-corrected chi connectivity index (χ4v) is 3.14. The molecule has 0 amide bonds. The van der Waals surface area contributed by atoms with Gasteiger partial charge in [-0.25, -0.2) is 12.8 Å². The molecule has 4 nitrogen and oxygen atoms in total. The summed E-state index contributed by atoms with van der Waals surface area (Å²) in [7, 11) is -2.36. The monoisotopic (exact) mass is 351 g/mol. The van der Waals surface area contributed by atoms with Crippen LogP contribution < -0.4 is 4.74 Å². The van der Waals surface area contributed by atoms with Crippen LogP contribution in [-0.4, -0.2) is 38.4 Å². The molecule has 2 rings (SSSR count). The molecule has 19 heavy (non-hydrogen) atoms. The first-order valence-corrected chi connectivity index (χ1v) is 8.16. The summed E-state index contributed by atoms with van der Waals surface area (Å²) in [6.07, 6.45) is 1.59. The van der Waals surface area contributed by atoms with Crippen LogP contribution in [0.15, 0.2) is 22.7 Å². The van der Waals surface area contributed by atoms with E-state index in [4.69, 9.17) is 4.74 Å². The Hall–Kier alpha value is -0.660. The van der Waals surface area contributed by atoms with E-state index >= 15 is 0 Å². The zero-order chi connectivity index (χ0) is 13.8. The van der Waals surface area contributed by atoms with E-state index in [-0.39, 0.29) is 17.8 Å². The lowest BCUT2D eigenvalue weighted by atomic mass is 10.1. The topological polar surface area (TPSA) is 46.6 Å². The lowest BCUT2D eigenvalue weighted by Gasteiger charge is -2.30. The van der Waals surface area contributed by atoms with Gasteiger partial charge in [0.05, 0.1) is 10.3 Å². The molecule has 7 heteroatoms. The van der Waals surface area contributed by atoms with E-state index in [2.05, 4.69) is 15.9 Å². The molecule has 0 radical (unpaired) electrons. The number of piperidine rings is 1. The van der Waals surface area contributed by atoms with Gasteiger partial charge in [-0.05, 0) is 47.0 Å². The minimum atomic E-state index is -2.36. The van der Waals surface area contributed by atoms with Crippen LogP contribution in [0.2, 0.25) is 0 Å². The molecule has 1 aliphatic rings. The average Bonchev–Trinajstić information content (AvgIpc) is 2.34. The van der Waals surface area contributed by atoms with E-state index in [0.717, 1.165) is 12.8 Å². The molecule has 1 aromatic carbocycles. The van der Waals surface area contributed by atoms with Gasteiger partial charge in [0.15, 0.2) is 10.7 Å². The van der Waals surface area contributed by atoms with E-state index in [9.17, 15) is 12.8 Å². The fourth-order valence-electron chi connectivity index (χ4n) is 2.08. The Morgan fingerprint density at radius 3 is 2.63 bits per heavy atom. The van der Waals surface area contributed by atoms with Gasteiger partial charge in [-0.3, -0.25) is 4.90 Å². The predicted octanol–water partition coefficient (Wildman–Crippen LogP) is 2.00. The van der Waals surface area contributed by atoms with Crippen molar-refractivity contribution in [1.82, 2.24) is 4.90 Å². The van der Waals surface area contributed by atoms with Crippen LogP contribution in [0.1, 0.15) is 12.8 Å². The van der Waals surface area contributed by atoms with Crippen LogP contribution >= 0.6 is 15.9 Å². The zero-order valence-corrected chi connectivity index (χ0v) is 12.7. The summed E-state index contributed by atoms with van der Waals surface area (Å²) in [5, 5.41) is 0. The Morgan fingerprint density at radius 2 is 2.05 bits per heavy atom. The quantitative estimate of drug-likeness (QED) is 0.842. The van der Waals surface area contributed by atoms with E-state index in [1.165, 1.54) is 12.1 Å². The largest absolute Gasteiger partial charge is 0.489 e. The minimum absolute atomic E-state index is 0.0440. The third-order valence-electron chi connectivity index (χ3n) is 3.04. The van der Waals surface area contributed by atoms with Crippen molar-refractivity contribution in [1.29, 1.82) is 0 Å². The summed E-state index contributed by atoms with van der Waals surface area (Å²) >= 11 is 3.26. The molecule has 0 N–H and O–H groups in total. The molecule has 0 saturated carbocycles. The molecule has 0 aliphatic carbocycles. The molecule has 0 unspecified atom stereocenters. The van der Waals surface area contributed by atoms with Crippen LogP contribution in [0.4, 0.5) is 4.39 Å². The number of nitrogens with zero attached hydrogens (tertiary/aromatic N) is 1. The van der Waals surface area contributed by atoms with Gasteiger partial charge in [0.1, 0.15) is 17.7 Å². The van der Waals surface area contributed by atoms with E-state index in [1.807, 2.05) is 4.90 Å². The molecular formula is C12H15BrFNO3S. The number of likely N-dealkylation sites (tertiary alicyclic amines) is 1. The number of thiol groups is 1. The maximum absolute atomic E-state index is 12.9. The number of hydrogen-bond donors (Lipinski definition) is 1. The number of rotatable bonds is 4. The normalized spacial score (nSPS) is 17.8. The lowest BCUT2D eigenvalue weighted by Crippen LogP contribution is -2.39. The standard InChI is InChI=1S/C12H15BrFNO3S/c13-11-7-9(14)1-2-12(11)18-10-3-5-15(6-4-10)8-19(16)17/h1-2,7,10,19H,3-6,8H2. The van der Waals surface area contributed by atoms with Crippen molar-refractivity contribution in [2.45, 2.75) is 18.9 Å².